The molecule has 0 radical (unpaired) electrons. The number of furan rings is 1. The Labute approximate surface area is 175 Å². The Balaban J connectivity index is 1.81. The molecule has 0 spiro atoms. The lowest BCUT2D eigenvalue weighted by molar-refractivity contribution is -0.132. The zero-order valence-electron chi connectivity index (χ0n) is 15.4. The van der Waals surface area contributed by atoms with E-state index in [2.05, 4.69) is 25.5 Å². The summed E-state index contributed by atoms with van der Waals surface area (Å²) < 4.78 is 5.21. The van der Waals surface area contributed by atoms with Gasteiger partial charge in [-0.15, -0.1) is 5.10 Å². The van der Waals surface area contributed by atoms with E-state index in [-0.39, 0.29) is 16.7 Å². The fourth-order valence-electron chi connectivity index (χ4n) is 2.69. The van der Waals surface area contributed by atoms with Crippen LogP contribution in [0.1, 0.15) is 5.76 Å². The summed E-state index contributed by atoms with van der Waals surface area (Å²) in [4.78, 5) is 20.8. The van der Waals surface area contributed by atoms with Gasteiger partial charge in [0.05, 0.1) is 24.4 Å². The van der Waals surface area contributed by atoms with Crippen LogP contribution in [-0.2, 0) is 4.79 Å². The van der Waals surface area contributed by atoms with Crippen molar-refractivity contribution in [2.75, 3.05) is 5.32 Å². The van der Waals surface area contributed by atoms with Gasteiger partial charge in [-0.2, -0.15) is 5.10 Å². The number of carboxylic acid groups (broad SMARTS) is 1. The summed E-state index contributed by atoms with van der Waals surface area (Å²) in [6, 6.07) is 14.4. The van der Waals surface area contributed by atoms with E-state index in [1.165, 1.54) is 18.5 Å². The molecule has 0 aliphatic rings. The molecule has 0 unspecified atom stereocenters. The summed E-state index contributed by atoms with van der Waals surface area (Å²) in [7, 11) is 0. The summed E-state index contributed by atoms with van der Waals surface area (Å²) in [6.45, 7) is 0. The van der Waals surface area contributed by atoms with Gasteiger partial charge >= 0.3 is 5.97 Å². The van der Waals surface area contributed by atoms with E-state index in [4.69, 9.17) is 16.0 Å². The minimum atomic E-state index is -1.18. The third-order valence-corrected chi connectivity index (χ3v) is 4.24. The molecule has 4 rings (SSSR count). The summed E-state index contributed by atoms with van der Waals surface area (Å²) in [5.41, 5.74) is 2.23. The van der Waals surface area contributed by atoms with Crippen molar-refractivity contribution in [3.63, 3.8) is 0 Å². The SMILES string of the molecule is O=C(O)/C(=C/c1ccco1)Nc1ncc(-c2ccccc2)nc1-c1cnnc(Cl)c1. The number of halogens is 1. The van der Waals surface area contributed by atoms with Crippen LogP contribution in [0.25, 0.3) is 28.6 Å². The second-order valence-corrected chi connectivity index (χ2v) is 6.48. The maximum Gasteiger partial charge on any atom is 0.352 e. The zero-order valence-corrected chi connectivity index (χ0v) is 16.1. The van der Waals surface area contributed by atoms with Crippen molar-refractivity contribution < 1.29 is 14.3 Å². The highest BCUT2D eigenvalue weighted by Crippen LogP contribution is 2.29. The highest BCUT2D eigenvalue weighted by Gasteiger charge is 2.17. The highest BCUT2D eigenvalue weighted by molar-refractivity contribution is 6.29. The lowest BCUT2D eigenvalue weighted by Crippen LogP contribution is -2.12. The standard InChI is InChI=1S/C21H14ClN5O3/c22-18-9-14(11-24-27-18)19-20(23-12-17(25-19)13-5-2-1-3-6-13)26-16(21(28)29)10-15-7-4-8-30-15/h1-12H,(H,23,26)(H,28,29)/b16-10-. The number of nitrogens with one attached hydrogen (secondary N) is 1. The minimum Gasteiger partial charge on any atom is -0.477 e. The fraction of sp³-hybridized carbons (Fsp3) is 0. The van der Waals surface area contributed by atoms with E-state index >= 15 is 0 Å². The van der Waals surface area contributed by atoms with Gasteiger partial charge in [-0.05, 0) is 18.2 Å². The molecule has 1 aromatic carbocycles. The normalized spacial score (nSPS) is 11.3. The van der Waals surface area contributed by atoms with Crippen LogP contribution in [0.2, 0.25) is 5.15 Å². The number of hydrogen-bond donors (Lipinski definition) is 2. The molecule has 148 valence electrons. The van der Waals surface area contributed by atoms with Crippen molar-refractivity contribution in [3.8, 4) is 22.5 Å². The smallest absolute Gasteiger partial charge is 0.352 e. The zero-order chi connectivity index (χ0) is 20.9. The molecule has 0 bridgehead atoms. The Bertz CT molecular complexity index is 1210. The van der Waals surface area contributed by atoms with Crippen LogP contribution in [0.5, 0.6) is 0 Å². The van der Waals surface area contributed by atoms with Crippen molar-refractivity contribution in [1.29, 1.82) is 0 Å². The van der Waals surface area contributed by atoms with Crippen LogP contribution in [0.3, 0.4) is 0 Å². The van der Waals surface area contributed by atoms with Gasteiger partial charge in [0, 0.05) is 17.2 Å². The molecule has 0 saturated carbocycles. The summed E-state index contributed by atoms with van der Waals surface area (Å²) in [6.07, 6.45) is 5.85. The maximum absolute atomic E-state index is 11.8. The van der Waals surface area contributed by atoms with E-state index < -0.39 is 5.97 Å². The molecule has 0 aliphatic carbocycles. The number of nitrogens with zero attached hydrogens (tertiary/aromatic N) is 4. The first-order chi connectivity index (χ1) is 14.6. The van der Waals surface area contributed by atoms with Gasteiger partial charge in [0.1, 0.15) is 17.2 Å². The number of hydrogen-bond acceptors (Lipinski definition) is 7. The van der Waals surface area contributed by atoms with Crippen LogP contribution in [0, 0.1) is 0 Å². The molecule has 3 heterocycles. The van der Waals surface area contributed by atoms with E-state index in [1.54, 1.807) is 24.4 Å². The Kier molecular flexibility index (Phi) is 5.49. The molecule has 2 N–H and O–H groups in total. The Hall–Kier alpha value is -4.04. The third kappa shape index (κ3) is 4.34. The average Bonchev–Trinajstić information content (AvgIpc) is 3.27. The second kappa shape index (κ2) is 8.54. The molecular weight excluding hydrogens is 406 g/mol. The Morgan fingerprint density at radius 2 is 1.93 bits per heavy atom. The molecular formula is C21H14ClN5O3. The van der Waals surface area contributed by atoms with E-state index in [0.717, 1.165) is 5.56 Å². The number of anilines is 1. The van der Waals surface area contributed by atoms with E-state index in [1.807, 2.05) is 30.3 Å². The molecule has 30 heavy (non-hydrogen) atoms. The maximum atomic E-state index is 11.8. The quantitative estimate of drug-likeness (QED) is 0.442. The van der Waals surface area contributed by atoms with Gasteiger partial charge in [-0.1, -0.05) is 41.9 Å². The topological polar surface area (TPSA) is 114 Å². The Morgan fingerprint density at radius 1 is 1.10 bits per heavy atom. The minimum absolute atomic E-state index is 0.138. The predicted molar refractivity (Wildman–Crippen MR) is 111 cm³/mol. The number of aromatic nitrogens is 4. The number of benzene rings is 1. The summed E-state index contributed by atoms with van der Waals surface area (Å²) in [5.74, 6) is -0.583. The van der Waals surface area contributed by atoms with E-state index in [9.17, 15) is 9.90 Å². The van der Waals surface area contributed by atoms with Crippen molar-refractivity contribution >= 4 is 29.5 Å². The second-order valence-electron chi connectivity index (χ2n) is 6.09. The predicted octanol–water partition coefficient (Wildman–Crippen LogP) is 4.38. The third-order valence-electron chi connectivity index (χ3n) is 4.05. The molecule has 0 fully saturated rings. The number of aliphatic carboxylic acids is 1. The Morgan fingerprint density at radius 3 is 2.63 bits per heavy atom. The number of carbonyl (C=O) groups is 1. The molecule has 4 aromatic rings. The van der Waals surface area contributed by atoms with Crippen LogP contribution < -0.4 is 5.32 Å². The average molecular weight is 420 g/mol. The molecule has 0 aliphatic heterocycles. The van der Waals surface area contributed by atoms with Gasteiger partial charge in [0.15, 0.2) is 11.0 Å². The molecule has 3 aromatic heterocycles. The van der Waals surface area contributed by atoms with Crippen LogP contribution in [0.15, 0.2) is 77.3 Å². The van der Waals surface area contributed by atoms with Crippen molar-refractivity contribution in [2.45, 2.75) is 0 Å². The van der Waals surface area contributed by atoms with Crippen molar-refractivity contribution in [1.82, 2.24) is 20.2 Å². The first kappa shape index (κ1) is 19.3. The highest BCUT2D eigenvalue weighted by atomic mass is 35.5. The summed E-state index contributed by atoms with van der Waals surface area (Å²) in [5, 5.41) is 20.2. The van der Waals surface area contributed by atoms with Gasteiger partial charge < -0.3 is 14.8 Å². The molecule has 0 saturated heterocycles. The molecule has 0 amide bonds. The van der Waals surface area contributed by atoms with Crippen molar-refractivity contribution in [3.05, 3.63) is 83.8 Å². The van der Waals surface area contributed by atoms with Crippen LogP contribution in [0.4, 0.5) is 5.82 Å². The lowest BCUT2D eigenvalue weighted by Gasteiger charge is -2.12. The summed E-state index contributed by atoms with van der Waals surface area (Å²) >= 11 is 5.99. The van der Waals surface area contributed by atoms with Gasteiger partial charge in [0.2, 0.25) is 0 Å². The number of rotatable bonds is 6. The van der Waals surface area contributed by atoms with Gasteiger partial charge in [-0.3, -0.25) is 0 Å². The number of carboxylic acids is 1. The first-order valence-corrected chi connectivity index (χ1v) is 9.14. The molecule has 8 nitrogen and oxygen atoms in total. The van der Waals surface area contributed by atoms with Gasteiger partial charge in [0.25, 0.3) is 0 Å². The monoisotopic (exact) mass is 419 g/mol. The molecule has 9 heteroatoms. The fourth-order valence-corrected chi connectivity index (χ4v) is 2.86. The molecule has 0 atom stereocenters. The van der Waals surface area contributed by atoms with Gasteiger partial charge in [-0.25, -0.2) is 14.8 Å². The largest absolute Gasteiger partial charge is 0.477 e. The van der Waals surface area contributed by atoms with Crippen molar-refractivity contribution in [2.24, 2.45) is 0 Å². The first-order valence-electron chi connectivity index (χ1n) is 8.77. The van der Waals surface area contributed by atoms with Crippen LogP contribution in [-0.4, -0.2) is 31.2 Å². The van der Waals surface area contributed by atoms with Crippen LogP contribution >= 0.6 is 11.6 Å². The lowest BCUT2D eigenvalue weighted by atomic mass is 10.1. The van der Waals surface area contributed by atoms with E-state index in [0.29, 0.717) is 22.7 Å².